The third-order valence-corrected chi connectivity index (χ3v) is 4.90. The van der Waals surface area contributed by atoms with Crippen LogP contribution in [0.15, 0.2) is 97.9 Å². The second-order valence-electron chi connectivity index (χ2n) is 7.43. The number of hydrogen-bond acceptors (Lipinski definition) is 2. The third kappa shape index (κ3) is 7.20. The molecule has 5 aromatic rings. The second kappa shape index (κ2) is 14.9. The molecule has 0 unspecified atom stereocenters. The Morgan fingerprint density at radius 2 is 1.35 bits per heavy atom. The zero-order valence-corrected chi connectivity index (χ0v) is 22.6. The van der Waals surface area contributed by atoms with Crippen molar-refractivity contribution in [1.82, 2.24) is 9.97 Å². The van der Waals surface area contributed by atoms with E-state index in [4.69, 9.17) is 0 Å². The molecular weight excluding hydrogens is 595 g/mol. The van der Waals surface area contributed by atoms with Gasteiger partial charge in [0.2, 0.25) is 0 Å². The van der Waals surface area contributed by atoms with Crippen molar-refractivity contribution in [3.63, 3.8) is 0 Å². The SMILES string of the molecule is C=C/C=C\c1ccc2ccc[c-]c2c1C.CCC.[CH3-].[Pt+2].c1cnc2c(c1)ccc1cccnc12. The summed E-state index contributed by atoms with van der Waals surface area (Å²) in [5, 5.41) is 4.71. The van der Waals surface area contributed by atoms with Crippen molar-refractivity contribution >= 4 is 38.7 Å². The topological polar surface area (TPSA) is 25.8 Å². The predicted octanol–water partition coefficient (Wildman–Crippen LogP) is 8.79. The Morgan fingerprint density at radius 1 is 0.824 bits per heavy atom. The maximum Gasteiger partial charge on any atom is 2.00 e. The van der Waals surface area contributed by atoms with Gasteiger partial charge in [-0.05, 0) is 12.1 Å². The molecule has 34 heavy (non-hydrogen) atoms. The van der Waals surface area contributed by atoms with Crippen LogP contribution in [0.1, 0.15) is 31.4 Å². The van der Waals surface area contributed by atoms with E-state index in [-0.39, 0.29) is 28.5 Å². The summed E-state index contributed by atoms with van der Waals surface area (Å²) >= 11 is 0. The van der Waals surface area contributed by atoms with Crippen LogP contribution < -0.4 is 0 Å². The van der Waals surface area contributed by atoms with E-state index < -0.39 is 0 Å². The van der Waals surface area contributed by atoms with Crippen LogP contribution in [0.3, 0.4) is 0 Å². The van der Waals surface area contributed by atoms with Gasteiger partial charge in [0.1, 0.15) is 0 Å². The van der Waals surface area contributed by atoms with E-state index in [1.807, 2.05) is 30.3 Å². The quantitative estimate of drug-likeness (QED) is 0.111. The first kappa shape index (κ1) is 28.9. The van der Waals surface area contributed by atoms with Gasteiger partial charge >= 0.3 is 21.1 Å². The average Bonchev–Trinajstić information content (AvgIpc) is 2.85. The van der Waals surface area contributed by atoms with E-state index >= 15 is 0 Å². The van der Waals surface area contributed by atoms with E-state index in [9.17, 15) is 0 Å². The van der Waals surface area contributed by atoms with Crippen molar-refractivity contribution < 1.29 is 21.1 Å². The molecule has 0 atom stereocenters. The summed E-state index contributed by atoms with van der Waals surface area (Å²) in [5.74, 6) is 0. The Labute approximate surface area is 218 Å². The molecule has 2 aromatic heterocycles. The Kier molecular flexibility index (Phi) is 12.7. The minimum Gasteiger partial charge on any atom is -0.358 e. The molecule has 0 radical (unpaired) electrons. The number of aryl methyl sites for hydroxylation is 1. The maximum atomic E-state index is 4.35. The molecule has 2 heterocycles. The van der Waals surface area contributed by atoms with E-state index in [2.05, 4.69) is 91.9 Å². The number of aromatic nitrogens is 2. The van der Waals surface area contributed by atoms with Crippen molar-refractivity contribution in [3.05, 3.63) is 122 Å². The van der Waals surface area contributed by atoms with Crippen LogP contribution in [0, 0.1) is 20.4 Å². The second-order valence-corrected chi connectivity index (χ2v) is 7.43. The van der Waals surface area contributed by atoms with Crippen molar-refractivity contribution in [2.75, 3.05) is 0 Å². The Hall–Kier alpha value is -3.09. The zero-order valence-electron chi connectivity index (χ0n) is 20.4. The van der Waals surface area contributed by atoms with Crippen LogP contribution in [0.4, 0.5) is 0 Å². The summed E-state index contributed by atoms with van der Waals surface area (Å²) in [5.41, 5.74) is 4.45. The van der Waals surface area contributed by atoms with Gasteiger partial charge in [0.05, 0.1) is 11.0 Å². The van der Waals surface area contributed by atoms with E-state index in [1.165, 1.54) is 28.3 Å². The Morgan fingerprint density at radius 3 is 1.91 bits per heavy atom. The van der Waals surface area contributed by atoms with Gasteiger partial charge in [0.25, 0.3) is 0 Å². The molecule has 0 bridgehead atoms. The van der Waals surface area contributed by atoms with E-state index in [0.717, 1.165) is 21.8 Å². The summed E-state index contributed by atoms with van der Waals surface area (Å²) in [6, 6.07) is 25.8. The number of nitrogens with zero attached hydrogens (tertiary/aromatic N) is 2. The molecule has 3 heteroatoms. The van der Waals surface area contributed by atoms with Gasteiger partial charge in [0, 0.05) is 23.2 Å². The molecule has 0 amide bonds. The van der Waals surface area contributed by atoms with Crippen LogP contribution in [0.5, 0.6) is 0 Å². The first-order valence-electron chi connectivity index (χ1n) is 11.0. The van der Waals surface area contributed by atoms with Crippen LogP contribution in [0.25, 0.3) is 38.7 Å². The minimum atomic E-state index is 0. The summed E-state index contributed by atoms with van der Waals surface area (Å²) in [6.45, 7) is 10.0. The molecule has 0 aliphatic heterocycles. The number of hydrogen-bond donors (Lipinski definition) is 0. The zero-order chi connectivity index (χ0) is 22.8. The first-order valence-corrected chi connectivity index (χ1v) is 11.0. The summed E-state index contributed by atoms with van der Waals surface area (Å²) in [6.07, 6.45) is 10.7. The van der Waals surface area contributed by atoms with Crippen LogP contribution in [-0.4, -0.2) is 9.97 Å². The molecule has 0 saturated heterocycles. The molecule has 5 rings (SSSR count). The Bertz CT molecular complexity index is 1300. The molecule has 0 fully saturated rings. The van der Waals surface area contributed by atoms with Gasteiger partial charge in [-0.1, -0.05) is 94.0 Å². The molecule has 0 spiro atoms. The standard InChI is InChI=1S/C15H13.C12H8N2.C3H8.CH3.Pt/c1-3-4-7-13-10-11-14-8-5-6-9-15(14)12(13)2;1-3-9-5-6-10-4-2-8-14-12(10)11(9)13-7-1;1-3-2;;/h3-8,10-11H,1H2,2H3;1-8H;3H2,1-2H3;1H3;/q-1;;;-1;+2/b7-4-;;;;. The van der Waals surface area contributed by atoms with Crippen molar-refractivity contribution in [2.24, 2.45) is 0 Å². The van der Waals surface area contributed by atoms with Gasteiger partial charge in [0.15, 0.2) is 0 Å². The number of fused-ring (bicyclic) bond motifs is 4. The number of benzene rings is 3. The number of rotatable bonds is 2. The largest absolute Gasteiger partial charge is 2.00 e. The predicted molar refractivity (Wildman–Crippen MR) is 146 cm³/mol. The van der Waals surface area contributed by atoms with Crippen LogP contribution >= 0.6 is 0 Å². The smallest absolute Gasteiger partial charge is 0.358 e. The number of allylic oxidation sites excluding steroid dienone is 2. The molecular formula is C31H32N2Pt. The fourth-order valence-electron chi connectivity index (χ4n) is 3.39. The Balaban J connectivity index is 0.000000290. The van der Waals surface area contributed by atoms with E-state index in [0.29, 0.717) is 0 Å². The molecule has 0 aliphatic carbocycles. The molecule has 0 N–H and O–H groups in total. The molecule has 3 aromatic carbocycles. The average molecular weight is 628 g/mol. The monoisotopic (exact) mass is 627 g/mol. The summed E-state index contributed by atoms with van der Waals surface area (Å²) < 4.78 is 0. The normalized spacial score (nSPS) is 9.85. The molecule has 176 valence electrons. The van der Waals surface area contributed by atoms with Crippen LogP contribution in [0.2, 0.25) is 0 Å². The molecule has 0 aliphatic rings. The van der Waals surface area contributed by atoms with Gasteiger partial charge in [-0.15, -0.1) is 40.6 Å². The molecule has 0 saturated carbocycles. The maximum absolute atomic E-state index is 4.35. The third-order valence-electron chi connectivity index (χ3n) is 4.90. The first-order chi connectivity index (χ1) is 15.7. The van der Waals surface area contributed by atoms with E-state index in [1.54, 1.807) is 18.5 Å². The van der Waals surface area contributed by atoms with Gasteiger partial charge < -0.3 is 7.43 Å². The van der Waals surface area contributed by atoms with Gasteiger partial charge in [-0.25, -0.2) is 0 Å². The van der Waals surface area contributed by atoms with Gasteiger partial charge in [-0.3, -0.25) is 9.97 Å². The fourth-order valence-corrected chi connectivity index (χ4v) is 3.39. The summed E-state index contributed by atoms with van der Waals surface area (Å²) in [7, 11) is 0. The molecule has 2 nitrogen and oxygen atoms in total. The van der Waals surface area contributed by atoms with Crippen molar-refractivity contribution in [3.8, 4) is 0 Å². The van der Waals surface area contributed by atoms with Crippen LogP contribution in [-0.2, 0) is 21.1 Å². The number of pyridine rings is 2. The van der Waals surface area contributed by atoms with Gasteiger partial charge in [-0.2, -0.15) is 0 Å². The minimum absolute atomic E-state index is 0. The van der Waals surface area contributed by atoms with Crippen molar-refractivity contribution in [2.45, 2.75) is 27.2 Å². The summed E-state index contributed by atoms with van der Waals surface area (Å²) in [4.78, 5) is 8.69. The fraction of sp³-hybridized carbons (Fsp3) is 0.129. The van der Waals surface area contributed by atoms with Crippen molar-refractivity contribution in [1.29, 1.82) is 0 Å².